The summed E-state index contributed by atoms with van der Waals surface area (Å²) in [6.07, 6.45) is 15.2. The molecule has 2 rings (SSSR count). The van der Waals surface area contributed by atoms with Crippen LogP contribution in [0.2, 0.25) is 0 Å². The minimum absolute atomic E-state index is 0.627. The number of likely N-dealkylation sites (tertiary alicyclic amines) is 1. The fraction of sp³-hybridized carbons (Fsp3) is 0.667. The molecule has 2 aliphatic rings. The molecule has 0 aliphatic carbocycles. The van der Waals surface area contributed by atoms with Crippen molar-refractivity contribution < 1.29 is 0 Å². The van der Waals surface area contributed by atoms with Crippen LogP contribution < -0.4 is 5.32 Å². The number of hydrogen-bond donors (Lipinski definition) is 1. The van der Waals surface area contributed by atoms with E-state index in [9.17, 15) is 0 Å². The predicted octanol–water partition coefficient (Wildman–Crippen LogP) is 3.53. The molecule has 2 fully saturated rings. The number of nitrogens with zero attached hydrogens (tertiary/aromatic N) is 1. The average molecular weight is 274 g/mol. The second-order valence-corrected chi connectivity index (χ2v) is 6.40. The Morgan fingerprint density at radius 3 is 2.80 bits per heavy atom. The summed E-state index contributed by atoms with van der Waals surface area (Å²) in [6, 6.07) is 0. The maximum Gasteiger partial charge on any atom is 0.00391 e. The van der Waals surface area contributed by atoms with Gasteiger partial charge in [0.25, 0.3) is 0 Å². The van der Waals surface area contributed by atoms with E-state index in [1.54, 1.807) is 0 Å². The number of piperidine rings is 2. The highest BCUT2D eigenvalue weighted by atomic mass is 15.1. The molecule has 0 saturated carbocycles. The fourth-order valence-corrected chi connectivity index (χ4v) is 3.63. The molecular formula is C18H30N2. The van der Waals surface area contributed by atoms with Crippen molar-refractivity contribution >= 4 is 0 Å². The van der Waals surface area contributed by atoms with Crippen LogP contribution in [0.4, 0.5) is 0 Å². The molecule has 0 bridgehead atoms. The van der Waals surface area contributed by atoms with Gasteiger partial charge in [-0.05, 0) is 69.7 Å². The Morgan fingerprint density at radius 2 is 2.05 bits per heavy atom. The molecule has 1 N–H and O–H groups in total. The van der Waals surface area contributed by atoms with Crippen LogP contribution in [0.1, 0.15) is 39.0 Å². The Balaban J connectivity index is 1.74. The predicted molar refractivity (Wildman–Crippen MR) is 87.9 cm³/mol. The van der Waals surface area contributed by atoms with Crippen LogP contribution in [-0.2, 0) is 0 Å². The molecule has 2 aliphatic heterocycles. The third-order valence-corrected chi connectivity index (χ3v) is 4.73. The second-order valence-electron chi connectivity index (χ2n) is 6.40. The Bertz CT molecular complexity index is 356. The highest BCUT2D eigenvalue weighted by Crippen LogP contribution is 2.37. The van der Waals surface area contributed by atoms with Crippen LogP contribution in [0.25, 0.3) is 0 Å². The number of hydrogen-bond acceptors (Lipinski definition) is 2. The molecule has 1 spiro atoms. The van der Waals surface area contributed by atoms with E-state index >= 15 is 0 Å². The van der Waals surface area contributed by atoms with Crippen molar-refractivity contribution in [2.24, 2.45) is 5.41 Å². The molecule has 2 saturated heterocycles. The average Bonchev–Trinajstić information content (AvgIpc) is 2.45. The Labute approximate surface area is 124 Å². The lowest BCUT2D eigenvalue weighted by Gasteiger charge is -2.45. The normalized spacial score (nSPS) is 23.9. The highest BCUT2D eigenvalue weighted by Gasteiger charge is 2.35. The smallest absolute Gasteiger partial charge is 0.00391 e. The van der Waals surface area contributed by atoms with Crippen molar-refractivity contribution in [1.82, 2.24) is 10.2 Å². The molecule has 0 aromatic carbocycles. The maximum absolute atomic E-state index is 4.00. The lowest BCUT2D eigenvalue weighted by atomic mass is 9.73. The first-order valence-corrected chi connectivity index (χ1v) is 8.15. The van der Waals surface area contributed by atoms with Crippen LogP contribution in [0.5, 0.6) is 0 Å². The third-order valence-electron chi connectivity index (χ3n) is 4.73. The van der Waals surface area contributed by atoms with E-state index in [1.807, 2.05) is 13.0 Å². The van der Waals surface area contributed by atoms with Crippen molar-refractivity contribution in [1.29, 1.82) is 0 Å². The summed E-state index contributed by atoms with van der Waals surface area (Å²) in [5, 5.41) is 3.50. The zero-order valence-electron chi connectivity index (χ0n) is 13.0. The SMILES string of the molecule is C=C(/C=C\C)/C=C/CCN1CCCC2(CCNCC2)C1. The molecule has 0 aromatic heterocycles. The first-order chi connectivity index (χ1) is 9.74. The van der Waals surface area contributed by atoms with E-state index in [2.05, 4.69) is 35.0 Å². The van der Waals surface area contributed by atoms with Gasteiger partial charge in [-0.1, -0.05) is 30.9 Å². The van der Waals surface area contributed by atoms with Crippen LogP contribution in [-0.4, -0.2) is 37.6 Å². The van der Waals surface area contributed by atoms with Crippen LogP contribution in [0.3, 0.4) is 0 Å². The monoisotopic (exact) mass is 274 g/mol. The topological polar surface area (TPSA) is 15.3 Å². The minimum atomic E-state index is 0.627. The lowest BCUT2D eigenvalue weighted by Crippen LogP contribution is -2.48. The molecule has 2 heterocycles. The van der Waals surface area contributed by atoms with Gasteiger partial charge in [0.2, 0.25) is 0 Å². The van der Waals surface area contributed by atoms with Gasteiger partial charge >= 0.3 is 0 Å². The van der Waals surface area contributed by atoms with E-state index < -0.39 is 0 Å². The van der Waals surface area contributed by atoms with E-state index in [0.717, 1.165) is 12.0 Å². The van der Waals surface area contributed by atoms with Gasteiger partial charge in [-0.15, -0.1) is 0 Å². The van der Waals surface area contributed by atoms with E-state index in [4.69, 9.17) is 0 Å². The van der Waals surface area contributed by atoms with Crippen molar-refractivity contribution in [3.63, 3.8) is 0 Å². The molecule has 0 aromatic rings. The van der Waals surface area contributed by atoms with Gasteiger partial charge in [0, 0.05) is 13.1 Å². The zero-order valence-corrected chi connectivity index (χ0v) is 13.0. The third kappa shape index (κ3) is 4.60. The standard InChI is InChI=1S/C18H30N2/c1-3-7-17(2)8-4-5-14-20-15-6-9-18(16-20)10-12-19-13-11-18/h3-4,7-8,19H,2,5-6,9-16H2,1H3/b7-3-,8-4+. The highest BCUT2D eigenvalue weighted by molar-refractivity contribution is 5.26. The number of nitrogens with one attached hydrogen (secondary N) is 1. The zero-order chi connectivity index (χ0) is 14.3. The van der Waals surface area contributed by atoms with Gasteiger partial charge in [0.15, 0.2) is 0 Å². The summed E-state index contributed by atoms with van der Waals surface area (Å²) >= 11 is 0. The van der Waals surface area contributed by atoms with Crippen LogP contribution in [0.15, 0.2) is 36.5 Å². The Morgan fingerprint density at radius 1 is 1.25 bits per heavy atom. The molecule has 112 valence electrons. The largest absolute Gasteiger partial charge is 0.317 e. The van der Waals surface area contributed by atoms with E-state index in [0.29, 0.717) is 5.41 Å². The molecular weight excluding hydrogens is 244 g/mol. The maximum atomic E-state index is 4.00. The van der Waals surface area contributed by atoms with Crippen molar-refractivity contribution in [2.45, 2.75) is 39.0 Å². The summed E-state index contributed by atoms with van der Waals surface area (Å²) in [5.41, 5.74) is 1.72. The minimum Gasteiger partial charge on any atom is -0.317 e. The van der Waals surface area contributed by atoms with Gasteiger partial charge in [0.05, 0.1) is 0 Å². The molecule has 0 radical (unpaired) electrons. The van der Waals surface area contributed by atoms with E-state index in [-0.39, 0.29) is 0 Å². The fourth-order valence-electron chi connectivity index (χ4n) is 3.63. The van der Waals surface area contributed by atoms with Crippen molar-refractivity contribution in [2.75, 3.05) is 32.7 Å². The lowest BCUT2D eigenvalue weighted by molar-refractivity contribution is 0.0608. The van der Waals surface area contributed by atoms with Gasteiger partial charge in [-0.25, -0.2) is 0 Å². The molecule has 0 unspecified atom stereocenters. The summed E-state index contributed by atoms with van der Waals surface area (Å²) < 4.78 is 0. The Kier molecular flexibility index (Phi) is 6.06. The summed E-state index contributed by atoms with van der Waals surface area (Å²) in [5.74, 6) is 0. The second kappa shape index (κ2) is 7.80. The van der Waals surface area contributed by atoms with Gasteiger partial charge in [-0.3, -0.25) is 0 Å². The van der Waals surface area contributed by atoms with Crippen molar-refractivity contribution in [3.8, 4) is 0 Å². The molecule has 2 heteroatoms. The number of allylic oxidation sites excluding steroid dienone is 4. The van der Waals surface area contributed by atoms with Gasteiger partial charge in [0.1, 0.15) is 0 Å². The summed E-state index contributed by atoms with van der Waals surface area (Å²) in [4.78, 5) is 2.68. The van der Waals surface area contributed by atoms with Crippen LogP contribution >= 0.6 is 0 Å². The van der Waals surface area contributed by atoms with Crippen LogP contribution in [0, 0.1) is 5.41 Å². The van der Waals surface area contributed by atoms with Gasteiger partial charge in [-0.2, -0.15) is 0 Å². The van der Waals surface area contributed by atoms with E-state index in [1.165, 1.54) is 58.4 Å². The molecule has 0 amide bonds. The first-order valence-electron chi connectivity index (χ1n) is 8.15. The van der Waals surface area contributed by atoms with Crippen molar-refractivity contribution in [3.05, 3.63) is 36.5 Å². The number of rotatable bonds is 5. The Hall–Kier alpha value is -0.860. The molecule has 2 nitrogen and oxygen atoms in total. The summed E-state index contributed by atoms with van der Waals surface area (Å²) in [7, 11) is 0. The molecule has 20 heavy (non-hydrogen) atoms. The molecule has 0 atom stereocenters. The quantitative estimate of drug-likeness (QED) is 0.772. The first kappa shape index (κ1) is 15.5. The summed E-state index contributed by atoms with van der Waals surface area (Å²) in [6.45, 7) is 12.3. The van der Waals surface area contributed by atoms with Gasteiger partial charge < -0.3 is 10.2 Å².